The number of aromatic nitrogens is 1. The van der Waals surface area contributed by atoms with E-state index in [1.807, 2.05) is 0 Å². The first-order chi connectivity index (χ1) is 6.61. The highest BCUT2D eigenvalue weighted by molar-refractivity contribution is 6.30. The summed E-state index contributed by atoms with van der Waals surface area (Å²) in [5, 5.41) is -0.362. The monoisotopic (exact) mass is 220 g/mol. The van der Waals surface area contributed by atoms with Gasteiger partial charge in [0.2, 0.25) is 0 Å². The van der Waals surface area contributed by atoms with Crippen LogP contribution in [-0.4, -0.2) is 11.3 Å². The molecule has 0 amide bonds. The Morgan fingerprint density at radius 1 is 1.64 bits per heavy atom. The Morgan fingerprint density at radius 2 is 2.29 bits per heavy atom. The van der Waals surface area contributed by atoms with Gasteiger partial charge in [-0.05, 0) is 5.56 Å². The molecule has 0 fully saturated rings. The van der Waals surface area contributed by atoms with Crippen LogP contribution < -0.4 is 5.73 Å². The van der Waals surface area contributed by atoms with Crippen molar-refractivity contribution in [1.82, 2.24) is 4.98 Å². The third-order valence-corrected chi connectivity index (χ3v) is 2.05. The van der Waals surface area contributed by atoms with Crippen molar-refractivity contribution < 1.29 is 13.6 Å². The van der Waals surface area contributed by atoms with E-state index in [4.69, 9.17) is 17.3 Å². The van der Waals surface area contributed by atoms with Crippen LogP contribution in [0.2, 0.25) is 5.15 Å². The van der Waals surface area contributed by atoms with Gasteiger partial charge in [0.1, 0.15) is 5.15 Å². The molecule has 0 spiro atoms. The molecule has 0 aliphatic heterocycles. The molecule has 0 unspecified atom stereocenters. The molecule has 1 rings (SSSR count). The van der Waals surface area contributed by atoms with Gasteiger partial charge in [-0.15, -0.1) is 0 Å². The fourth-order valence-electron chi connectivity index (χ4n) is 1.07. The molecule has 0 atom stereocenters. The minimum Gasteiger partial charge on any atom is -0.326 e. The Hall–Kier alpha value is -1.07. The molecule has 0 aromatic carbocycles. The summed E-state index contributed by atoms with van der Waals surface area (Å²) >= 11 is 5.44. The molecule has 0 bridgehead atoms. The third kappa shape index (κ3) is 1.88. The van der Waals surface area contributed by atoms with Crippen LogP contribution in [0.1, 0.15) is 27.9 Å². The maximum atomic E-state index is 12.5. The van der Waals surface area contributed by atoms with Crippen LogP contribution in [0.25, 0.3) is 0 Å². The van der Waals surface area contributed by atoms with E-state index in [0.717, 1.165) is 0 Å². The Morgan fingerprint density at radius 3 is 2.71 bits per heavy atom. The average Bonchev–Trinajstić information content (AvgIpc) is 2.16. The topological polar surface area (TPSA) is 56.0 Å². The van der Waals surface area contributed by atoms with E-state index in [1.165, 1.54) is 6.20 Å². The smallest absolute Gasteiger partial charge is 0.267 e. The Kier molecular flexibility index (Phi) is 3.49. The zero-order valence-corrected chi connectivity index (χ0v) is 7.76. The van der Waals surface area contributed by atoms with E-state index >= 15 is 0 Å². The molecule has 0 aliphatic carbocycles. The molecular formula is C8H7ClF2N2O. The van der Waals surface area contributed by atoms with Crippen LogP contribution in [-0.2, 0) is 6.54 Å². The van der Waals surface area contributed by atoms with Gasteiger partial charge in [-0.1, -0.05) is 11.6 Å². The van der Waals surface area contributed by atoms with E-state index in [-0.39, 0.29) is 22.8 Å². The summed E-state index contributed by atoms with van der Waals surface area (Å²) in [5.74, 6) is 0. The first-order valence-corrected chi connectivity index (χ1v) is 4.10. The van der Waals surface area contributed by atoms with E-state index in [9.17, 15) is 13.6 Å². The van der Waals surface area contributed by atoms with E-state index in [0.29, 0.717) is 6.29 Å². The fraction of sp³-hybridized carbons (Fsp3) is 0.250. The molecule has 0 saturated carbocycles. The quantitative estimate of drug-likeness (QED) is 0.626. The molecule has 2 N–H and O–H groups in total. The Labute approximate surface area is 83.9 Å². The number of pyridine rings is 1. The number of carbonyl (C=O) groups excluding carboxylic acids is 1. The van der Waals surface area contributed by atoms with E-state index in [2.05, 4.69) is 4.98 Å². The molecule has 1 aromatic heterocycles. The van der Waals surface area contributed by atoms with Crippen molar-refractivity contribution >= 4 is 17.9 Å². The molecule has 0 saturated heterocycles. The number of nitrogens with two attached hydrogens (primary N) is 1. The van der Waals surface area contributed by atoms with Crippen LogP contribution in [0.5, 0.6) is 0 Å². The van der Waals surface area contributed by atoms with Crippen molar-refractivity contribution in [3.8, 4) is 0 Å². The number of hydrogen-bond acceptors (Lipinski definition) is 3. The Balaban J connectivity index is 3.42. The molecule has 6 heteroatoms. The van der Waals surface area contributed by atoms with Gasteiger partial charge in [-0.2, -0.15) is 0 Å². The first kappa shape index (κ1) is 11.0. The number of carbonyl (C=O) groups is 1. The van der Waals surface area contributed by atoms with Gasteiger partial charge in [0.15, 0.2) is 6.29 Å². The number of halogens is 3. The standard InChI is InChI=1S/C8H7ClF2N2O/c9-7-6(8(10)11)5(3-14)4(1-12)2-13-7/h2-3,8H,1,12H2. The molecule has 1 aromatic rings. The SMILES string of the molecule is NCc1cnc(Cl)c(C(F)F)c1C=O. The lowest BCUT2D eigenvalue weighted by Crippen LogP contribution is -2.06. The average molecular weight is 221 g/mol. The summed E-state index contributed by atoms with van der Waals surface area (Å²) < 4.78 is 24.9. The second-order valence-corrected chi connectivity index (χ2v) is 2.88. The lowest BCUT2D eigenvalue weighted by molar-refractivity contribution is 0.110. The lowest BCUT2D eigenvalue weighted by atomic mass is 10.1. The van der Waals surface area contributed by atoms with Crippen molar-refractivity contribution in [3.05, 3.63) is 28.0 Å². The van der Waals surface area contributed by atoms with Crippen molar-refractivity contribution in [1.29, 1.82) is 0 Å². The highest BCUT2D eigenvalue weighted by Gasteiger charge is 2.20. The van der Waals surface area contributed by atoms with Gasteiger partial charge in [0, 0.05) is 18.3 Å². The van der Waals surface area contributed by atoms with Crippen LogP contribution in [0.4, 0.5) is 8.78 Å². The highest BCUT2D eigenvalue weighted by atomic mass is 35.5. The highest BCUT2D eigenvalue weighted by Crippen LogP contribution is 2.29. The van der Waals surface area contributed by atoms with E-state index < -0.39 is 12.0 Å². The predicted molar refractivity (Wildman–Crippen MR) is 47.5 cm³/mol. The van der Waals surface area contributed by atoms with Crippen LogP contribution in [0.3, 0.4) is 0 Å². The minimum atomic E-state index is -2.83. The van der Waals surface area contributed by atoms with Crippen molar-refractivity contribution in [2.24, 2.45) is 5.73 Å². The fourth-order valence-corrected chi connectivity index (χ4v) is 1.30. The molecule has 0 aliphatic rings. The van der Waals surface area contributed by atoms with Gasteiger partial charge < -0.3 is 5.73 Å². The molecule has 14 heavy (non-hydrogen) atoms. The predicted octanol–water partition coefficient (Wildman–Crippen LogP) is 1.94. The summed E-state index contributed by atoms with van der Waals surface area (Å²) in [6.07, 6.45) is -1.29. The van der Waals surface area contributed by atoms with Gasteiger partial charge in [0.25, 0.3) is 6.43 Å². The zero-order chi connectivity index (χ0) is 10.7. The van der Waals surface area contributed by atoms with Crippen molar-refractivity contribution in [3.63, 3.8) is 0 Å². The molecule has 76 valence electrons. The normalized spacial score (nSPS) is 10.6. The van der Waals surface area contributed by atoms with Crippen molar-refractivity contribution in [2.45, 2.75) is 13.0 Å². The number of rotatable bonds is 3. The number of aldehydes is 1. The van der Waals surface area contributed by atoms with Crippen LogP contribution >= 0.6 is 11.6 Å². The first-order valence-electron chi connectivity index (χ1n) is 3.72. The van der Waals surface area contributed by atoms with Crippen LogP contribution in [0.15, 0.2) is 6.20 Å². The summed E-state index contributed by atoms with van der Waals surface area (Å²) in [6.45, 7) is -0.0298. The molecule has 1 heterocycles. The maximum Gasteiger partial charge on any atom is 0.267 e. The van der Waals surface area contributed by atoms with Crippen molar-refractivity contribution in [2.75, 3.05) is 0 Å². The largest absolute Gasteiger partial charge is 0.326 e. The molecule has 3 nitrogen and oxygen atoms in total. The number of nitrogens with zero attached hydrogens (tertiary/aromatic N) is 1. The number of alkyl halides is 2. The molecule has 0 radical (unpaired) electrons. The third-order valence-electron chi connectivity index (χ3n) is 1.75. The lowest BCUT2D eigenvalue weighted by Gasteiger charge is -2.08. The van der Waals surface area contributed by atoms with Gasteiger partial charge in [-0.3, -0.25) is 4.79 Å². The van der Waals surface area contributed by atoms with Crippen LogP contribution in [0, 0.1) is 0 Å². The summed E-state index contributed by atoms with van der Waals surface area (Å²) in [5.41, 5.74) is 4.81. The maximum absolute atomic E-state index is 12.5. The summed E-state index contributed by atoms with van der Waals surface area (Å²) in [7, 11) is 0. The number of hydrogen-bond donors (Lipinski definition) is 1. The second kappa shape index (κ2) is 4.43. The summed E-state index contributed by atoms with van der Waals surface area (Å²) in [6, 6.07) is 0. The van der Waals surface area contributed by atoms with E-state index in [1.54, 1.807) is 0 Å². The Bertz CT molecular complexity index is 357. The second-order valence-electron chi connectivity index (χ2n) is 2.52. The zero-order valence-electron chi connectivity index (χ0n) is 7.01. The van der Waals surface area contributed by atoms with Gasteiger partial charge >= 0.3 is 0 Å². The van der Waals surface area contributed by atoms with Gasteiger partial charge in [0.05, 0.1) is 5.56 Å². The summed E-state index contributed by atoms with van der Waals surface area (Å²) in [4.78, 5) is 14.1. The minimum absolute atomic E-state index is 0.0298. The van der Waals surface area contributed by atoms with Gasteiger partial charge in [-0.25, -0.2) is 13.8 Å². The molecular weight excluding hydrogens is 214 g/mol.